The molecule has 0 aromatic heterocycles. The normalized spacial score (nSPS) is 19.7. The van der Waals surface area contributed by atoms with Gasteiger partial charge in [0.1, 0.15) is 23.8 Å². The van der Waals surface area contributed by atoms with Crippen molar-refractivity contribution in [3.05, 3.63) is 71.3 Å². The number of rotatable bonds is 9. The van der Waals surface area contributed by atoms with Crippen LogP contribution in [-0.4, -0.2) is 80.6 Å². The highest BCUT2D eigenvalue weighted by molar-refractivity contribution is 5.91. The van der Waals surface area contributed by atoms with E-state index < -0.39 is 47.7 Å². The first-order chi connectivity index (χ1) is 18.7. The summed E-state index contributed by atoms with van der Waals surface area (Å²) in [5.74, 6) is -3.70. The summed E-state index contributed by atoms with van der Waals surface area (Å²) in [5.41, 5.74) is 0.923. The number of hydrazine groups is 1. The highest BCUT2D eigenvalue weighted by atomic mass is 19.1. The Morgan fingerprint density at radius 2 is 1.85 bits per heavy atom. The molecule has 2 saturated heterocycles. The highest BCUT2D eigenvalue weighted by Gasteiger charge is 2.51. The van der Waals surface area contributed by atoms with Crippen LogP contribution in [0.2, 0.25) is 0 Å². The molecule has 0 aliphatic carbocycles. The van der Waals surface area contributed by atoms with Crippen LogP contribution in [0.1, 0.15) is 37.3 Å². The van der Waals surface area contributed by atoms with Crippen LogP contribution in [-0.2, 0) is 27.5 Å². The topological polar surface area (TPSA) is 114 Å². The predicted molar refractivity (Wildman–Crippen MR) is 135 cm³/mol. The number of halogens is 2. The van der Waals surface area contributed by atoms with Gasteiger partial charge in [-0.3, -0.25) is 14.4 Å². The number of carbonyl (C=O) groups is 4. The van der Waals surface area contributed by atoms with Crippen molar-refractivity contribution in [2.75, 3.05) is 19.6 Å². The monoisotopic (exact) mass is 543 g/mol. The summed E-state index contributed by atoms with van der Waals surface area (Å²) in [6.45, 7) is 1.98. The second kappa shape index (κ2) is 12.2. The van der Waals surface area contributed by atoms with Crippen LogP contribution in [0.3, 0.4) is 0 Å². The van der Waals surface area contributed by atoms with Crippen LogP contribution in [0.15, 0.2) is 48.5 Å². The van der Waals surface area contributed by atoms with Gasteiger partial charge in [-0.05, 0) is 24.5 Å². The van der Waals surface area contributed by atoms with E-state index in [2.05, 4.69) is 5.32 Å². The Bertz CT molecular complexity index is 1230. The van der Waals surface area contributed by atoms with E-state index >= 15 is 0 Å². The average molecular weight is 544 g/mol. The molecule has 2 aromatic rings. The largest absolute Gasteiger partial charge is 0.481 e. The predicted octanol–water partition coefficient (Wildman–Crippen LogP) is 2.55. The van der Waals surface area contributed by atoms with Crippen LogP contribution in [0.5, 0.6) is 0 Å². The first-order valence-corrected chi connectivity index (χ1v) is 12.8. The third-order valence-corrected chi connectivity index (χ3v) is 6.81. The molecular formula is C27H31F2N5O5. The summed E-state index contributed by atoms with van der Waals surface area (Å²) in [6.07, 6.45) is -0.876. The number of amides is 4. The molecule has 0 bridgehead atoms. The zero-order chi connectivity index (χ0) is 28.1. The lowest BCUT2D eigenvalue weighted by Gasteiger charge is -2.55. The Balaban J connectivity index is 1.67. The molecular weight excluding hydrogens is 512 g/mol. The summed E-state index contributed by atoms with van der Waals surface area (Å²) >= 11 is 0. The van der Waals surface area contributed by atoms with Gasteiger partial charge in [0.2, 0.25) is 11.8 Å². The molecule has 10 nitrogen and oxygen atoms in total. The lowest BCUT2D eigenvalue weighted by atomic mass is 10.0. The molecule has 2 heterocycles. The summed E-state index contributed by atoms with van der Waals surface area (Å²) in [4.78, 5) is 54.4. The number of aliphatic carboxylic acids is 1. The summed E-state index contributed by atoms with van der Waals surface area (Å²) in [7, 11) is 0. The van der Waals surface area contributed by atoms with Crippen LogP contribution < -0.4 is 5.32 Å². The van der Waals surface area contributed by atoms with Crippen molar-refractivity contribution in [1.29, 1.82) is 0 Å². The van der Waals surface area contributed by atoms with Gasteiger partial charge >= 0.3 is 12.0 Å². The second-order valence-electron chi connectivity index (χ2n) is 9.56. The minimum atomic E-state index is -1.16. The summed E-state index contributed by atoms with van der Waals surface area (Å²) in [5, 5.41) is 15.2. The molecule has 0 unspecified atom stereocenters. The zero-order valence-corrected chi connectivity index (χ0v) is 21.6. The molecule has 2 aliphatic rings. The molecule has 0 saturated carbocycles. The molecule has 0 spiro atoms. The quantitative estimate of drug-likeness (QED) is 0.503. The van der Waals surface area contributed by atoms with Crippen molar-refractivity contribution < 1.29 is 33.1 Å². The summed E-state index contributed by atoms with van der Waals surface area (Å²) in [6, 6.07) is 10.6. The maximum Gasteiger partial charge on any atom is 0.334 e. The molecule has 0 radical (unpaired) electrons. The molecule has 2 atom stereocenters. The number of hydrogen-bond acceptors (Lipinski definition) is 5. The van der Waals surface area contributed by atoms with E-state index in [0.29, 0.717) is 19.0 Å². The number of benzene rings is 2. The fourth-order valence-electron chi connectivity index (χ4n) is 5.03. The Labute approximate surface area is 224 Å². The van der Waals surface area contributed by atoms with Gasteiger partial charge in [0.05, 0.1) is 13.1 Å². The molecule has 2 fully saturated rings. The van der Waals surface area contributed by atoms with Gasteiger partial charge in [-0.15, -0.1) is 0 Å². The molecule has 208 valence electrons. The molecule has 2 aromatic carbocycles. The van der Waals surface area contributed by atoms with E-state index in [9.17, 15) is 33.1 Å². The fourth-order valence-corrected chi connectivity index (χ4v) is 5.03. The number of fused-ring (bicyclic) bond motifs is 1. The molecule has 4 rings (SSSR count). The number of carboxylic acid groups (broad SMARTS) is 1. The van der Waals surface area contributed by atoms with E-state index in [1.165, 1.54) is 20.9 Å². The molecule has 2 aliphatic heterocycles. The first-order valence-electron chi connectivity index (χ1n) is 12.8. The lowest BCUT2D eigenvalue weighted by molar-refractivity contribution is -0.191. The van der Waals surface area contributed by atoms with E-state index in [0.717, 1.165) is 11.6 Å². The maximum absolute atomic E-state index is 14.5. The highest BCUT2D eigenvalue weighted by Crippen LogP contribution is 2.30. The van der Waals surface area contributed by atoms with Crippen molar-refractivity contribution >= 4 is 23.8 Å². The first kappa shape index (κ1) is 28.0. The number of nitrogens with zero attached hydrogens (tertiary/aromatic N) is 4. The molecule has 2 N–H and O–H groups in total. The minimum Gasteiger partial charge on any atom is -0.481 e. The van der Waals surface area contributed by atoms with Gasteiger partial charge < -0.3 is 20.2 Å². The van der Waals surface area contributed by atoms with Gasteiger partial charge in [0.15, 0.2) is 0 Å². The van der Waals surface area contributed by atoms with Crippen molar-refractivity contribution in [2.24, 2.45) is 0 Å². The number of nitrogens with one attached hydrogen (secondary N) is 1. The standard InChI is InChI=1S/C27H31F2N5O5/c1-2-12-32-17-24(35)33-22(10-11-25(36)37)26(38)31(15-19-8-9-20(28)13-21(19)29)16-23(33)34(32)27(39)30-14-18-6-4-3-5-7-18/h3-9,13,22-23H,2,10-12,14-17H2,1H3,(H,30,39)(H,36,37)/t22-,23-/m0/s1. The number of hydrogen-bond donors (Lipinski definition) is 2. The van der Waals surface area contributed by atoms with Crippen LogP contribution in [0, 0.1) is 11.6 Å². The van der Waals surface area contributed by atoms with E-state index in [4.69, 9.17) is 0 Å². The SMILES string of the molecule is CCCN1CC(=O)N2[C@@H](CCC(=O)O)C(=O)N(Cc3ccc(F)cc3F)C[C@@H]2N1C(=O)NCc1ccccc1. The number of urea groups is 1. The Morgan fingerprint density at radius 3 is 2.51 bits per heavy atom. The van der Waals surface area contributed by atoms with Crippen molar-refractivity contribution in [2.45, 2.75) is 51.5 Å². The Morgan fingerprint density at radius 1 is 1.10 bits per heavy atom. The van der Waals surface area contributed by atoms with Gasteiger partial charge in [-0.2, -0.15) is 0 Å². The van der Waals surface area contributed by atoms with Gasteiger partial charge in [-0.1, -0.05) is 43.3 Å². The van der Waals surface area contributed by atoms with Crippen molar-refractivity contribution in [3.8, 4) is 0 Å². The number of piperazine rings is 1. The Hall–Kier alpha value is -4.06. The maximum atomic E-state index is 14.5. The summed E-state index contributed by atoms with van der Waals surface area (Å²) < 4.78 is 28.0. The average Bonchev–Trinajstić information content (AvgIpc) is 2.89. The number of carbonyl (C=O) groups excluding carboxylic acids is 3. The number of carboxylic acids is 1. The van der Waals surface area contributed by atoms with Gasteiger partial charge in [0, 0.05) is 37.7 Å². The minimum absolute atomic E-state index is 0.0582. The van der Waals surface area contributed by atoms with Crippen LogP contribution in [0.4, 0.5) is 13.6 Å². The Kier molecular flexibility index (Phi) is 8.75. The zero-order valence-electron chi connectivity index (χ0n) is 21.6. The van der Waals surface area contributed by atoms with Gasteiger partial charge in [-0.25, -0.2) is 23.6 Å². The van der Waals surface area contributed by atoms with Crippen molar-refractivity contribution in [3.63, 3.8) is 0 Å². The van der Waals surface area contributed by atoms with E-state index in [1.807, 2.05) is 37.3 Å². The molecule has 12 heteroatoms. The smallest absolute Gasteiger partial charge is 0.334 e. The van der Waals surface area contributed by atoms with Gasteiger partial charge in [0.25, 0.3) is 0 Å². The lowest BCUT2D eigenvalue weighted by Crippen LogP contribution is -2.76. The molecule has 39 heavy (non-hydrogen) atoms. The molecule has 4 amide bonds. The third-order valence-electron chi connectivity index (χ3n) is 6.81. The van der Waals surface area contributed by atoms with Crippen molar-refractivity contribution in [1.82, 2.24) is 25.1 Å². The third kappa shape index (κ3) is 6.33. The van der Waals surface area contributed by atoms with Crippen LogP contribution >= 0.6 is 0 Å². The second-order valence-corrected chi connectivity index (χ2v) is 9.56. The van der Waals surface area contributed by atoms with Crippen LogP contribution in [0.25, 0.3) is 0 Å². The van der Waals surface area contributed by atoms with E-state index in [1.54, 1.807) is 5.01 Å². The fraction of sp³-hybridized carbons (Fsp3) is 0.407. The van der Waals surface area contributed by atoms with E-state index in [-0.39, 0.29) is 44.6 Å².